The van der Waals surface area contributed by atoms with Crippen molar-refractivity contribution in [1.82, 2.24) is 14.7 Å². The summed E-state index contributed by atoms with van der Waals surface area (Å²) in [4.78, 5) is 2.01. The normalized spacial score (nSPS) is 14.5. The molecule has 1 atom stereocenters. The predicted molar refractivity (Wildman–Crippen MR) is 68.3 cm³/mol. The summed E-state index contributed by atoms with van der Waals surface area (Å²) >= 11 is 3.44. The highest BCUT2D eigenvalue weighted by atomic mass is 79.9. The zero-order valence-corrected chi connectivity index (χ0v) is 12.1. The molecule has 0 saturated carbocycles. The number of halogens is 1. The smallest absolute Gasteiger partial charge is 0.114 e. The summed E-state index contributed by atoms with van der Waals surface area (Å²) in [5.41, 5.74) is 0.497. The second-order valence-electron chi connectivity index (χ2n) is 4.64. The molecule has 5 heteroatoms. The third-order valence-corrected chi connectivity index (χ3v) is 3.82. The molecule has 1 rings (SSSR count). The van der Waals surface area contributed by atoms with Crippen molar-refractivity contribution in [2.24, 2.45) is 0 Å². The van der Waals surface area contributed by atoms with Crippen LogP contribution < -0.4 is 0 Å². The van der Waals surface area contributed by atoms with Gasteiger partial charge in [-0.3, -0.25) is 4.68 Å². The van der Waals surface area contributed by atoms with Crippen LogP contribution in [0.3, 0.4) is 0 Å². The average molecular weight is 290 g/mol. The molecule has 0 aliphatic rings. The monoisotopic (exact) mass is 289 g/mol. The van der Waals surface area contributed by atoms with Crippen LogP contribution in [-0.4, -0.2) is 39.4 Å². The van der Waals surface area contributed by atoms with Crippen LogP contribution >= 0.6 is 15.9 Å². The molecule has 92 valence electrons. The first kappa shape index (κ1) is 13.7. The molecule has 0 radical (unpaired) electrons. The van der Waals surface area contributed by atoms with Gasteiger partial charge in [-0.2, -0.15) is 5.10 Å². The topological polar surface area (TPSA) is 41.3 Å². The number of hydrogen-bond acceptors (Lipinski definition) is 3. The zero-order valence-electron chi connectivity index (χ0n) is 10.5. The van der Waals surface area contributed by atoms with E-state index in [2.05, 4.69) is 21.0 Å². The highest BCUT2D eigenvalue weighted by molar-refractivity contribution is 9.10. The van der Waals surface area contributed by atoms with E-state index in [1.807, 2.05) is 44.4 Å². The van der Waals surface area contributed by atoms with E-state index >= 15 is 0 Å². The van der Waals surface area contributed by atoms with E-state index in [9.17, 15) is 5.11 Å². The maximum Gasteiger partial charge on any atom is 0.114 e. The summed E-state index contributed by atoms with van der Waals surface area (Å²) in [5, 5.41) is 14.7. The molecule has 0 aliphatic heterocycles. The van der Waals surface area contributed by atoms with Crippen molar-refractivity contribution >= 4 is 15.9 Å². The van der Waals surface area contributed by atoms with Crippen LogP contribution in [0.2, 0.25) is 0 Å². The van der Waals surface area contributed by atoms with Crippen LogP contribution in [0.4, 0.5) is 0 Å². The van der Waals surface area contributed by atoms with Crippen LogP contribution in [-0.2, 0) is 6.54 Å². The SMILES string of the molecule is CCn1ncc(Br)c1C(O)C(C)(C)N(C)C. The van der Waals surface area contributed by atoms with Crippen molar-refractivity contribution in [2.45, 2.75) is 39.0 Å². The quantitative estimate of drug-likeness (QED) is 0.922. The van der Waals surface area contributed by atoms with Crippen LogP contribution in [0.15, 0.2) is 10.7 Å². The van der Waals surface area contributed by atoms with E-state index in [1.165, 1.54) is 0 Å². The lowest BCUT2D eigenvalue weighted by Gasteiger charge is -2.37. The van der Waals surface area contributed by atoms with Crippen LogP contribution in [0.25, 0.3) is 0 Å². The van der Waals surface area contributed by atoms with Gasteiger partial charge in [0, 0.05) is 12.1 Å². The molecule has 1 heterocycles. The van der Waals surface area contributed by atoms with Gasteiger partial charge in [-0.1, -0.05) is 0 Å². The number of likely N-dealkylation sites (N-methyl/N-ethyl adjacent to an activating group) is 1. The number of hydrogen-bond donors (Lipinski definition) is 1. The third-order valence-electron chi connectivity index (χ3n) is 3.21. The second kappa shape index (κ2) is 4.85. The van der Waals surface area contributed by atoms with Crippen LogP contribution in [0.1, 0.15) is 32.6 Å². The molecular weight excluding hydrogens is 270 g/mol. The lowest BCUT2D eigenvalue weighted by atomic mass is 9.93. The van der Waals surface area contributed by atoms with Crippen molar-refractivity contribution in [3.63, 3.8) is 0 Å². The molecule has 4 nitrogen and oxygen atoms in total. The van der Waals surface area contributed by atoms with E-state index in [-0.39, 0.29) is 5.54 Å². The van der Waals surface area contributed by atoms with Gasteiger partial charge in [-0.15, -0.1) is 0 Å². The Kier molecular flexibility index (Phi) is 4.15. The fourth-order valence-corrected chi connectivity index (χ4v) is 1.99. The van der Waals surface area contributed by atoms with E-state index in [0.717, 1.165) is 16.7 Å². The maximum absolute atomic E-state index is 10.5. The predicted octanol–water partition coefficient (Wildman–Crippen LogP) is 2.04. The highest BCUT2D eigenvalue weighted by Gasteiger charge is 2.34. The zero-order chi connectivity index (χ0) is 12.5. The number of aliphatic hydroxyl groups excluding tert-OH is 1. The van der Waals surface area contributed by atoms with Gasteiger partial charge in [-0.05, 0) is 50.8 Å². The summed E-state index contributed by atoms with van der Waals surface area (Å²) in [7, 11) is 3.92. The first-order chi connectivity index (χ1) is 7.32. The van der Waals surface area contributed by atoms with E-state index in [4.69, 9.17) is 0 Å². The van der Waals surface area contributed by atoms with Crippen molar-refractivity contribution < 1.29 is 5.11 Å². The molecule has 0 spiro atoms. The number of aliphatic hydroxyl groups is 1. The fourth-order valence-electron chi connectivity index (χ4n) is 1.47. The number of aryl methyl sites for hydroxylation is 1. The summed E-state index contributed by atoms with van der Waals surface area (Å²) < 4.78 is 2.68. The Bertz CT molecular complexity index is 360. The van der Waals surface area contributed by atoms with Gasteiger partial charge in [0.2, 0.25) is 0 Å². The van der Waals surface area contributed by atoms with Crippen LogP contribution in [0, 0.1) is 0 Å². The van der Waals surface area contributed by atoms with Gasteiger partial charge in [0.25, 0.3) is 0 Å². The van der Waals surface area contributed by atoms with E-state index in [1.54, 1.807) is 6.20 Å². The minimum Gasteiger partial charge on any atom is -0.385 e. The van der Waals surface area contributed by atoms with E-state index in [0.29, 0.717) is 0 Å². The standard InChI is InChI=1S/C11H20BrN3O/c1-6-15-9(8(12)7-13-15)10(16)11(2,3)14(4)5/h7,10,16H,6H2,1-5H3. The first-order valence-electron chi connectivity index (χ1n) is 5.39. The molecule has 1 unspecified atom stereocenters. The van der Waals surface area contributed by atoms with Crippen LogP contribution in [0.5, 0.6) is 0 Å². The Morgan fingerprint density at radius 3 is 2.56 bits per heavy atom. The molecule has 16 heavy (non-hydrogen) atoms. The first-order valence-corrected chi connectivity index (χ1v) is 6.18. The molecule has 1 N–H and O–H groups in total. The minimum absolute atomic E-state index is 0.338. The Balaban J connectivity index is 3.13. The number of rotatable bonds is 4. The van der Waals surface area contributed by atoms with E-state index < -0.39 is 6.10 Å². The van der Waals surface area contributed by atoms with Crippen molar-refractivity contribution in [3.8, 4) is 0 Å². The average Bonchev–Trinajstić information content (AvgIpc) is 2.57. The third kappa shape index (κ3) is 2.31. The Morgan fingerprint density at radius 2 is 2.12 bits per heavy atom. The van der Waals surface area contributed by atoms with Gasteiger partial charge in [0.15, 0.2) is 0 Å². The molecule has 0 bridgehead atoms. The molecule has 0 fully saturated rings. The summed E-state index contributed by atoms with van der Waals surface area (Å²) in [6.07, 6.45) is 1.15. The summed E-state index contributed by atoms with van der Waals surface area (Å²) in [6.45, 7) is 6.79. The summed E-state index contributed by atoms with van der Waals surface area (Å²) in [5.74, 6) is 0. The molecule has 1 aromatic heterocycles. The largest absolute Gasteiger partial charge is 0.385 e. The molecule has 0 aliphatic carbocycles. The van der Waals surface area contributed by atoms with Crippen molar-refractivity contribution in [2.75, 3.05) is 14.1 Å². The fraction of sp³-hybridized carbons (Fsp3) is 0.727. The Morgan fingerprint density at radius 1 is 1.56 bits per heavy atom. The Hall–Kier alpha value is -0.390. The summed E-state index contributed by atoms with van der Waals surface area (Å²) in [6, 6.07) is 0. The molecule has 1 aromatic rings. The number of aromatic nitrogens is 2. The number of nitrogens with zero attached hydrogens (tertiary/aromatic N) is 3. The van der Waals surface area contributed by atoms with Crippen molar-refractivity contribution in [1.29, 1.82) is 0 Å². The lowest BCUT2D eigenvalue weighted by molar-refractivity contribution is 0.0103. The highest BCUT2D eigenvalue weighted by Crippen LogP contribution is 2.33. The molecule has 0 aromatic carbocycles. The maximum atomic E-state index is 10.5. The second-order valence-corrected chi connectivity index (χ2v) is 5.50. The van der Waals surface area contributed by atoms with Gasteiger partial charge < -0.3 is 10.0 Å². The molecule has 0 amide bonds. The van der Waals surface area contributed by atoms with Gasteiger partial charge in [0.05, 0.1) is 16.4 Å². The molecule has 0 saturated heterocycles. The lowest BCUT2D eigenvalue weighted by Crippen LogP contribution is -2.44. The van der Waals surface area contributed by atoms with Crippen molar-refractivity contribution in [3.05, 3.63) is 16.4 Å². The van der Waals surface area contributed by atoms with Gasteiger partial charge in [-0.25, -0.2) is 0 Å². The minimum atomic E-state index is -0.584. The van der Waals surface area contributed by atoms with Gasteiger partial charge in [0.1, 0.15) is 6.10 Å². The Labute approximate surface area is 105 Å². The molecular formula is C11H20BrN3O. The van der Waals surface area contributed by atoms with Gasteiger partial charge >= 0.3 is 0 Å².